The molecule has 2 unspecified atom stereocenters. The predicted octanol–water partition coefficient (Wildman–Crippen LogP) is -0.0180. The highest BCUT2D eigenvalue weighted by atomic mass is 16.5. The molecule has 0 aromatic rings. The number of piperidine rings is 1. The van der Waals surface area contributed by atoms with Gasteiger partial charge in [0.05, 0.1) is 5.92 Å². The third-order valence-corrected chi connectivity index (χ3v) is 3.12. The monoisotopic (exact) mass is 258 g/mol. The van der Waals surface area contributed by atoms with Crippen molar-refractivity contribution in [3.05, 3.63) is 0 Å². The highest BCUT2D eigenvalue weighted by molar-refractivity contribution is 5.85. The number of carboxylic acid groups (broad SMARTS) is 1. The van der Waals surface area contributed by atoms with Crippen LogP contribution in [-0.2, 0) is 14.3 Å². The highest BCUT2D eigenvalue weighted by Gasteiger charge is 2.25. The standard InChI is InChI=1S/C12H22N2O4/c1-18-7-3-5-10(12(16)17)14-11(15)9-4-2-6-13-8-9/h9-10,13H,2-8H2,1H3,(H,14,15)(H,16,17). The molecule has 0 aromatic heterocycles. The Hall–Kier alpha value is -1.14. The van der Waals surface area contributed by atoms with Crippen LogP contribution in [-0.4, -0.2) is 49.8 Å². The lowest BCUT2D eigenvalue weighted by atomic mass is 9.98. The van der Waals surface area contributed by atoms with E-state index in [9.17, 15) is 9.59 Å². The molecule has 104 valence electrons. The second-order valence-electron chi connectivity index (χ2n) is 4.58. The summed E-state index contributed by atoms with van der Waals surface area (Å²) in [6.45, 7) is 2.07. The molecular weight excluding hydrogens is 236 g/mol. The largest absolute Gasteiger partial charge is 0.480 e. The van der Waals surface area contributed by atoms with Crippen LogP contribution in [0.2, 0.25) is 0 Å². The van der Waals surface area contributed by atoms with E-state index < -0.39 is 12.0 Å². The Balaban J connectivity index is 2.38. The molecule has 2 atom stereocenters. The minimum atomic E-state index is -0.983. The second-order valence-corrected chi connectivity index (χ2v) is 4.58. The maximum atomic E-state index is 11.9. The molecule has 6 heteroatoms. The molecule has 1 heterocycles. The van der Waals surface area contributed by atoms with E-state index >= 15 is 0 Å². The Morgan fingerprint density at radius 2 is 2.33 bits per heavy atom. The zero-order valence-corrected chi connectivity index (χ0v) is 10.8. The molecule has 6 nitrogen and oxygen atoms in total. The summed E-state index contributed by atoms with van der Waals surface area (Å²) in [5.41, 5.74) is 0. The van der Waals surface area contributed by atoms with Crippen LogP contribution in [0.4, 0.5) is 0 Å². The Labute approximate surface area is 107 Å². The van der Waals surface area contributed by atoms with E-state index in [0.29, 0.717) is 26.0 Å². The average molecular weight is 258 g/mol. The SMILES string of the molecule is COCCCC(NC(=O)C1CCCNC1)C(=O)O. The number of carbonyl (C=O) groups excluding carboxylic acids is 1. The van der Waals surface area contributed by atoms with Gasteiger partial charge >= 0.3 is 5.97 Å². The van der Waals surface area contributed by atoms with Gasteiger partial charge in [-0.15, -0.1) is 0 Å². The highest BCUT2D eigenvalue weighted by Crippen LogP contribution is 2.10. The summed E-state index contributed by atoms with van der Waals surface area (Å²) >= 11 is 0. The summed E-state index contributed by atoms with van der Waals surface area (Å²) in [6.07, 6.45) is 2.80. The third kappa shape index (κ3) is 5.01. The van der Waals surface area contributed by atoms with Gasteiger partial charge in [0.2, 0.25) is 5.91 Å². The van der Waals surface area contributed by atoms with Gasteiger partial charge in [0.1, 0.15) is 6.04 Å². The molecule has 0 spiro atoms. The number of carbonyl (C=O) groups is 2. The first kappa shape index (κ1) is 14.9. The molecule has 0 bridgehead atoms. The number of ether oxygens (including phenoxy) is 1. The van der Waals surface area contributed by atoms with E-state index in [2.05, 4.69) is 10.6 Å². The Kier molecular flexibility index (Phi) is 6.67. The van der Waals surface area contributed by atoms with Gasteiger partial charge in [0.25, 0.3) is 0 Å². The first-order valence-electron chi connectivity index (χ1n) is 6.38. The molecule has 18 heavy (non-hydrogen) atoms. The number of amides is 1. The van der Waals surface area contributed by atoms with E-state index in [1.165, 1.54) is 0 Å². The van der Waals surface area contributed by atoms with E-state index in [4.69, 9.17) is 9.84 Å². The number of hydrogen-bond donors (Lipinski definition) is 3. The van der Waals surface area contributed by atoms with Gasteiger partial charge in [0, 0.05) is 20.3 Å². The molecule has 3 N–H and O–H groups in total. The van der Waals surface area contributed by atoms with Gasteiger partial charge in [-0.1, -0.05) is 0 Å². The van der Waals surface area contributed by atoms with Crippen LogP contribution in [0.1, 0.15) is 25.7 Å². The third-order valence-electron chi connectivity index (χ3n) is 3.12. The van der Waals surface area contributed by atoms with Gasteiger partial charge in [-0.25, -0.2) is 4.79 Å². The van der Waals surface area contributed by atoms with Crippen LogP contribution in [0, 0.1) is 5.92 Å². The summed E-state index contributed by atoms with van der Waals surface area (Å²) in [5.74, 6) is -1.25. The second kappa shape index (κ2) is 8.05. The maximum Gasteiger partial charge on any atom is 0.326 e. The molecule has 1 aliphatic heterocycles. The molecule has 0 saturated carbocycles. The first-order chi connectivity index (χ1) is 8.65. The van der Waals surface area contributed by atoms with Crippen molar-refractivity contribution in [2.24, 2.45) is 5.92 Å². The summed E-state index contributed by atoms with van der Waals surface area (Å²) in [5, 5.41) is 14.8. The summed E-state index contributed by atoms with van der Waals surface area (Å²) in [7, 11) is 1.57. The van der Waals surface area contributed by atoms with Crippen molar-refractivity contribution in [3.8, 4) is 0 Å². The zero-order chi connectivity index (χ0) is 13.4. The summed E-state index contributed by atoms with van der Waals surface area (Å²) in [4.78, 5) is 22.9. The number of methoxy groups -OCH3 is 1. The molecule has 1 saturated heterocycles. The van der Waals surface area contributed by atoms with Crippen LogP contribution in [0.25, 0.3) is 0 Å². The van der Waals surface area contributed by atoms with Gasteiger partial charge < -0.3 is 20.5 Å². The zero-order valence-electron chi connectivity index (χ0n) is 10.8. The first-order valence-corrected chi connectivity index (χ1v) is 6.38. The van der Waals surface area contributed by atoms with Crippen molar-refractivity contribution < 1.29 is 19.4 Å². The van der Waals surface area contributed by atoms with Crippen molar-refractivity contribution in [2.45, 2.75) is 31.7 Å². The summed E-state index contributed by atoms with van der Waals surface area (Å²) < 4.78 is 4.88. The van der Waals surface area contributed by atoms with Crippen LogP contribution in [0.15, 0.2) is 0 Å². The lowest BCUT2D eigenvalue weighted by Crippen LogP contribution is -2.47. The van der Waals surface area contributed by atoms with Crippen LogP contribution >= 0.6 is 0 Å². The van der Waals surface area contributed by atoms with Crippen LogP contribution < -0.4 is 10.6 Å². The fourth-order valence-corrected chi connectivity index (χ4v) is 2.05. The minimum absolute atomic E-state index is 0.108. The van der Waals surface area contributed by atoms with Gasteiger partial charge in [0.15, 0.2) is 0 Å². The van der Waals surface area contributed by atoms with E-state index in [0.717, 1.165) is 19.4 Å². The van der Waals surface area contributed by atoms with Gasteiger partial charge in [-0.2, -0.15) is 0 Å². The van der Waals surface area contributed by atoms with Crippen LogP contribution in [0.3, 0.4) is 0 Å². The summed E-state index contributed by atoms with van der Waals surface area (Å²) in [6, 6.07) is -0.811. The Morgan fingerprint density at radius 1 is 1.56 bits per heavy atom. The van der Waals surface area contributed by atoms with Gasteiger partial charge in [-0.05, 0) is 32.2 Å². The van der Waals surface area contributed by atoms with Crippen molar-refractivity contribution in [1.29, 1.82) is 0 Å². The fourth-order valence-electron chi connectivity index (χ4n) is 2.05. The van der Waals surface area contributed by atoms with Crippen molar-refractivity contribution in [2.75, 3.05) is 26.8 Å². The van der Waals surface area contributed by atoms with Crippen molar-refractivity contribution in [3.63, 3.8) is 0 Å². The molecule has 0 aromatic carbocycles. The molecule has 0 aliphatic carbocycles. The number of carboxylic acids is 1. The molecule has 1 fully saturated rings. The Bertz CT molecular complexity index is 277. The van der Waals surface area contributed by atoms with Crippen molar-refractivity contribution >= 4 is 11.9 Å². The van der Waals surface area contributed by atoms with E-state index in [1.807, 2.05) is 0 Å². The molecular formula is C12H22N2O4. The Morgan fingerprint density at radius 3 is 2.89 bits per heavy atom. The van der Waals surface area contributed by atoms with Crippen molar-refractivity contribution in [1.82, 2.24) is 10.6 Å². The predicted molar refractivity (Wildman–Crippen MR) is 66.3 cm³/mol. The number of nitrogens with one attached hydrogen (secondary N) is 2. The lowest BCUT2D eigenvalue weighted by molar-refractivity contribution is -0.142. The maximum absolute atomic E-state index is 11.9. The average Bonchev–Trinajstić information content (AvgIpc) is 2.38. The minimum Gasteiger partial charge on any atom is -0.480 e. The van der Waals surface area contributed by atoms with E-state index in [1.54, 1.807) is 7.11 Å². The van der Waals surface area contributed by atoms with Gasteiger partial charge in [-0.3, -0.25) is 4.79 Å². The quantitative estimate of drug-likeness (QED) is 0.559. The lowest BCUT2D eigenvalue weighted by Gasteiger charge is -2.24. The fraction of sp³-hybridized carbons (Fsp3) is 0.833. The molecule has 0 radical (unpaired) electrons. The molecule has 1 amide bonds. The van der Waals surface area contributed by atoms with E-state index in [-0.39, 0.29) is 11.8 Å². The number of aliphatic carboxylic acids is 1. The number of rotatable bonds is 7. The topological polar surface area (TPSA) is 87.7 Å². The molecule has 1 rings (SSSR count). The van der Waals surface area contributed by atoms with Crippen LogP contribution in [0.5, 0.6) is 0 Å². The molecule has 1 aliphatic rings. The normalized spacial score (nSPS) is 21.3. The number of hydrogen-bond acceptors (Lipinski definition) is 4. The smallest absolute Gasteiger partial charge is 0.326 e.